The summed E-state index contributed by atoms with van der Waals surface area (Å²) < 4.78 is 29.3. The van der Waals surface area contributed by atoms with Crippen LogP contribution in [0.15, 0.2) is 82.6 Å². The van der Waals surface area contributed by atoms with Crippen molar-refractivity contribution < 1.29 is 82.5 Å². The molecule has 27 nitrogen and oxygen atoms in total. The number of fused-ring (bicyclic) bond motifs is 7. The quantitative estimate of drug-likeness (QED) is 0.0383. The normalized spacial score (nSPS) is 20.6. The molecule has 3 amide bonds. The SMILES string of the molecule is COC(=O)[C@@H]1Cc2c(O)c3c(c4c2C(C1)OC1CC(NC(=O)OCc2ccccc2SSCC(NC(=O)CCC(NC(=O)c2ccc(NCc5cnc6nc(N)[nH]c(=O)c6n5)cc2)C(=O)O)C(=O)O)C(O)C4(C)O1)C(=O)c1c(OC)cccc1C3=O. The minimum absolute atomic E-state index is 0.00146. The van der Waals surface area contributed by atoms with Crippen LogP contribution >= 0.6 is 21.6 Å². The van der Waals surface area contributed by atoms with Gasteiger partial charge < -0.3 is 71.1 Å². The van der Waals surface area contributed by atoms with Gasteiger partial charge >= 0.3 is 24.0 Å². The molecule has 8 atom stereocenters. The van der Waals surface area contributed by atoms with Crippen LogP contribution in [0.5, 0.6) is 11.5 Å². The molecule has 2 bridgehead atoms. The number of carboxylic acids is 2. The summed E-state index contributed by atoms with van der Waals surface area (Å²) in [7, 11) is 4.74. The number of rotatable bonds is 20. The molecule has 448 valence electrons. The molecule has 29 heteroatoms. The number of amides is 3. The molecule has 11 N–H and O–H groups in total. The van der Waals surface area contributed by atoms with Crippen LogP contribution < -0.4 is 37.3 Å². The highest BCUT2D eigenvalue weighted by atomic mass is 33.1. The predicted octanol–water partition coefficient (Wildman–Crippen LogP) is 3.79. The van der Waals surface area contributed by atoms with Crippen LogP contribution in [0.2, 0.25) is 0 Å². The molecule has 4 heterocycles. The number of ether oxygens (including phenoxy) is 5. The first-order chi connectivity index (χ1) is 41.2. The van der Waals surface area contributed by atoms with Gasteiger partial charge in [0.25, 0.3) is 11.5 Å². The highest BCUT2D eigenvalue weighted by Gasteiger charge is 2.57. The number of nitrogens with two attached hydrogens (primary N) is 1. The van der Waals surface area contributed by atoms with E-state index in [9.17, 15) is 63.6 Å². The molecule has 6 aromatic rings. The summed E-state index contributed by atoms with van der Waals surface area (Å²) in [6, 6.07) is 13.1. The fourth-order valence-electron chi connectivity index (χ4n) is 11.0. The van der Waals surface area contributed by atoms with Gasteiger partial charge in [-0.15, -0.1) is 0 Å². The number of anilines is 2. The van der Waals surface area contributed by atoms with E-state index in [1.807, 2.05) is 0 Å². The molecule has 0 saturated carbocycles. The average Bonchev–Trinajstić information content (AvgIpc) is 1.19. The third-order valence-corrected chi connectivity index (χ3v) is 17.7. The van der Waals surface area contributed by atoms with Crippen LogP contribution in [0.4, 0.5) is 16.4 Å². The fourth-order valence-corrected chi connectivity index (χ4v) is 13.4. The van der Waals surface area contributed by atoms with Crippen LogP contribution in [0.25, 0.3) is 11.2 Å². The summed E-state index contributed by atoms with van der Waals surface area (Å²) in [4.78, 5) is 134. The molecule has 2 aliphatic heterocycles. The summed E-state index contributed by atoms with van der Waals surface area (Å²) in [6.45, 7) is 1.32. The topological polar surface area (TPSA) is 409 Å². The molecule has 7 unspecified atom stereocenters. The number of ketones is 2. The highest BCUT2D eigenvalue weighted by Crippen LogP contribution is 2.56. The first-order valence-corrected chi connectivity index (χ1v) is 29.0. The van der Waals surface area contributed by atoms with E-state index in [2.05, 4.69) is 41.2 Å². The van der Waals surface area contributed by atoms with Gasteiger partial charge in [-0.25, -0.2) is 24.4 Å². The average molecular weight is 1220 g/mol. The number of phenolic OH excluding ortho intramolecular Hbond substituents is 1. The van der Waals surface area contributed by atoms with Crippen molar-refractivity contribution in [1.29, 1.82) is 0 Å². The summed E-state index contributed by atoms with van der Waals surface area (Å²) in [5, 5.41) is 54.9. The molecule has 4 aromatic carbocycles. The van der Waals surface area contributed by atoms with Crippen molar-refractivity contribution in [2.24, 2.45) is 5.92 Å². The van der Waals surface area contributed by atoms with Crippen LogP contribution in [-0.4, -0.2) is 138 Å². The van der Waals surface area contributed by atoms with Gasteiger partial charge in [0.05, 0.1) is 61.8 Å². The van der Waals surface area contributed by atoms with Gasteiger partial charge in [0.1, 0.15) is 41.9 Å². The molecule has 2 aliphatic carbocycles. The van der Waals surface area contributed by atoms with Crippen molar-refractivity contribution in [1.82, 2.24) is 35.9 Å². The third kappa shape index (κ3) is 11.9. The number of alkyl carbamates (subject to hydrolysis) is 1. The monoisotopic (exact) mass is 1220 g/mol. The Morgan fingerprint density at radius 1 is 0.907 bits per heavy atom. The number of aliphatic hydroxyl groups is 1. The van der Waals surface area contributed by atoms with Crippen molar-refractivity contribution in [2.45, 2.75) is 99.3 Å². The van der Waals surface area contributed by atoms with E-state index in [1.165, 1.54) is 57.7 Å². The fraction of sp³-hybridized carbons (Fsp3) is 0.333. The number of methoxy groups -OCH3 is 2. The Balaban J connectivity index is 0.738. The van der Waals surface area contributed by atoms with E-state index in [0.29, 0.717) is 21.8 Å². The second kappa shape index (κ2) is 24.8. The number of hydrogen-bond acceptors (Lipinski definition) is 23. The van der Waals surface area contributed by atoms with Gasteiger partial charge in [-0.05, 0) is 68.1 Å². The standard InChI is InChI=1S/C57H55N9O18S2/c1-57-43-39-30(46(69)42-41(43)47(70)40-29(45(42)68)8-6-9-34(40)80-2)17-26(54(78)81-3)18-35(39)83-38(84-57)19-32(48(57)71)64-56(79)82-22-25-7-4-5-10-36(25)86-85-23-33(53(76)77)62-37(67)16-15-31(52(74)75)63-50(72)24-11-13-27(14-12-24)59-20-28-21-60-49-44(61-28)51(73)66-55(58)65-49/h4-14,21,26,31-33,35,38,48,59,69,71H,15-20,22-23H2,1-3H3,(H,62,67)(H,63,72)(H,64,79)(H,74,75)(H,76,77)(H3,58,60,65,66,73)/t26-,31?,32?,33?,35?,38?,48?,57?/m1/s1. The summed E-state index contributed by atoms with van der Waals surface area (Å²) >= 11 is 0. The molecular formula is C57H55N9O18S2. The lowest BCUT2D eigenvalue weighted by Gasteiger charge is -2.46. The van der Waals surface area contributed by atoms with Gasteiger partial charge in [-0.1, -0.05) is 51.9 Å². The van der Waals surface area contributed by atoms with Crippen molar-refractivity contribution in [2.75, 3.05) is 31.0 Å². The molecule has 86 heavy (non-hydrogen) atoms. The van der Waals surface area contributed by atoms with Gasteiger partial charge in [-0.2, -0.15) is 4.98 Å². The smallest absolute Gasteiger partial charge is 0.407 e. The second-order valence-corrected chi connectivity index (χ2v) is 23.0. The number of aliphatic carboxylic acids is 2. The summed E-state index contributed by atoms with van der Waals surface area (Å²) in [5.74, 6) is -7.90. The van der Waals surface area contributed by atoms with E-state index < -0.39 is 113 Å². The number of aromatic hydroxyl groups is 1. The van der Waals surface area contributed by atoms with Crippen molar-refractivity contribution in [3.05, 3.63) is 139 Å². The highest BCUT2D eigenvalue weighted by molar-refractivity contribution is 8.76. The number of esters is 1. The largest absolute Gasteiger partial charge is 0.507 e. The zero-order valence-electron chi connectivity index (χ0n) is 45.9. The summed E-state index contributed by atoms with van der Waals surface area (Å²) in [6.07, 6.45) is -4.48. The number of carboxylic acid groups (broad SMARTS) is 2. The van der Waals surface area contributed by atoms with E-state index in [4.69, 9.17) is 29.4 Å². The number of aromatic nitrogens is 4. The number of phenols is 1. The molecule has 10 rings (SSSR count). The predicted molar refractivity (Wildman–Crippen MR) is 304 cm³/mol. The van der Waals surface area contributed by atoms with Crippen LogP contribution in [-0.2, 0) is 63.3 Å². The number of nitrogens with one attached hydrogen (secondary N) is 5. The number of H-pyrrole nitrogens is 1. The maximum absolute atomic E-state index is 14.8. The van der Waals surface area contributed by atoms with Crippen molar-refractivity contribution >= 4 is 91.8 Å². The Morgan fingerprint density at radius 3 is 2.40 bits per heavy atom. The Morgan fingerprint density at radius 2 is 1.66 bits per heavy atom. The van der Waals surface area contributed by atoms with Gasteiger partial charge in [0.2, 0.25) is 11.9 Å². The maximum Gasteiger partial charge on any atom is 0.407 e. The number of hydrogen-bond donors (Lipinski definition) is 10. The van der Waals surface area contributed by atoms with Crippen LogP contribution in [0.1, 0.15) is 109 Å². The molecule has 4 aliphatic rings. The Bertz CT molecular complexity index is 3830. The first kappa shape index (κ1) is 60.0. The number of aliphatic hydroxyl groups excluding tert-OH is 1. The molecule has 1 fully saturated rings. The molecule has 0 spiro atoms. The van der Waals surface area contributed by atoms with Crippen molar-refractivity contribution in [3.8, 4) is 11.5 Å². The Labute approximate surface area is 494 Å². The van der Waals surface area contributed by atoms with Crippen LogP contribution in [0.3, 0.4) is 0 Å². The van der Waals surface area contributed by atoms with Gasteiger partial charge in [0.15, 0.2) is 29.0 Å². The number of nitrogens with zero attached hydrogens (tertiary/aromatic N) is 3. The first-order valence-electron chi connectivity index (χ1n) is 26.7. The number of carbonyl (C=O) groups excluding carboxylic acids is 6. The minimum atomic E-state index is -1.90. The zero-order chi connectivity index (χ0) is 61.3. The second-order valence-electron chi connectivity index (χ2n) is 20.6. The molecular weight excluding hydrogens is 1160 g/mol. The maximum atomic E-state index is 14.8. The lowest BCUT2D eigenvalue weighted by atomic mass is 9.67. The van der Waals surface area contributed by atoms with Crippen molar-refractivity contribution in [3.63, 3.8) is 0 Å². The minimum Gasteiger partial charge on any atom is -0.507 e. The Kier molecular flexibility index (Phi) is 17.3. The number of nitrogen functional groups attached to an aromatic ring is 1. The van der Waals surface area contributed by atoms with Crippen LogP contribution in [0, 0.1) is 5.92 Å². The number of carbonyl (C=O) groups is 8. The van der Waals surface area contributed by atoms with Gasteiger partial charge in [0, 0.05) is 62.6 Å². The lowest BCUT2D eigenvalue weighted by molar-refractivity contribution is -0.281. The Hall–Kier alpha value is -9.16. The molecule has 2 aromatic heterocycles. The van der Waals surface area contributed by atoms with E-state index in [-0.39, 0.29) is 112 Å². The van der Waals surface area contributed by atoms with Gasteiger partial charge in [-0.3, -0.25) is 33.8 Å². The number of aromatic amines is 1. The number of benzene rings is 4. The van der Waals surface area contributed by atoms with E-state index in [0.717, 1.165) is 21.6 Å². The zero-order valence-corrected chi connectivity index (χ0v) is 47.5. The lowest BCUT2D eigenvalue weighted by Crippen LogP contribution is -2.60. The third-order valence-electron chi connectivity index (χ3n) is 15.2. The van der Waals surface area contributed by atoms with E-state index in [1.54, 1.807) is 36.4 Å². The van der Waals surface area contributed by atoms with E-state index >= 15 is 0 Å². The summed E-state index contributed by atoms with van der Waals surface area (Å²) in [5.41, 5.74) is 4.51. The molecule has 0 radical (unpaired) electrons. The molecule has 1 saturated heterocycles.